The lowest BCUT2D eigenvalue weighted by Crippen LogP contribution is -2.35. The summed E-state index contributed by atoms with van der Waals surface area (Å²) in [6.45, 7) is 3.12. The van der Waals surface area contributed by atoms with Gasteiger partial charge >= 0.3 is 5.97 Å². The number of ketones is 1. The molecule has 2 fully saturated rings. The molecule has 3 aliphatic rings. The van der Waals surface area contributed by atoms with E-state index >= 15 is 0 Å². The molecular weight excluding hydrogens is 420 g/mol. The maximum Gasteiger partial charge on any atom is 0.337 e. The van der Waals surface area contributed by atoms with Gasteiger partial charge in [0, 0.05) is 38.8 Å². The van der Waals surface area contributed by atoms with Crippen LogP contribution in [-0.2, 0) is 15.9 Å². The van der Waals surface area contributed by atoms with Gasteiger partial charge in [-0.3, -0.25) is 4.79 Å². The molecular formula is C25H30N4O4. The number of Topliss-reactive ketones (excluding diaryl/α,β-unsaturated/α-hetero) is 1. The zero-order valence-corrected chi connectivity index (χ0v) is 19.0. The number of rotatable bonds is 5. The second kappa shape index (κ2) is 9.47. The number of aromatic nitrogens is 2. The Bertz CT molecular complexity index is 1040. The number of esters is 1. The van der Waals surface area contributed by atoms with Gasteiger partial charge in [-0.05, 0) is 55.7 Å². The number of hydrogen-bond acceptors (Lipinski definition) is 8. The standard InChI is InChI=1S/C25H30N4O4/c1-32-24(31)18-4-2-3-17(15-18)16-7-11-29(12-8-16)25-27-20-5-6-21(30)22(20)23(28-25)26-19-9-13-33-14-10-19/h2-4,15-16,19H,5-14H2,1H3,(H,26,27,28). The Morgan fingerprint density at radius 1 is 1.12 bits per heavy atom. The topological polar surface area (TPSA) is 93.7 Å². The normalized spacial score (nSPS) is 19.4. The van der Waals surface area contributed by atoms with Crippen molar-refractivity contribution in [2.75, 3.05) is 43.6 Å². The zero-order valence-electron chi connectivity index (χ0n) is 19.0. The lowest BCUT2D eigenvalue weighted by molar-refractivity contribution is 0.0600. The molecule has 0 spiro atoms. The molecule has 8 heteroatoms. The lowest BCUT2D eigenvalue weighted by Gasteiger charge is -2.33. The largest absolute Gasteiger partial charge is 0.465 e. The fraction of sp³-hybridized carbons (Fsp3) is 0.520. The molecule has 5 rings (SSSR count). The van der Waals surface area contributed by atoms with E-state index in [1.807, 2.05) is 12.1 Å². The smallest absolute Gasteiger partial charge is 0.337 e. The minimum atomic E-state index is -0.306. The van der Waals surface area contributed by atoms with Crippen molar-refractivity contribution in [2.24, 2.45) is 0 Å². The van der Waals surface area contributed by atoms with Crippen LogP contribution in [-0.4, -0.2) is 61.2 Å². The van der Waals surface area contributed by atoms with Gasteiger partial charge in [-0.15, -0.1) is 0 Å². The Balaban J connectivity index is 1.32. The third kappa shape index (κ3) is 4.57. The highest BCUT2D eigenvalue weighted by atomic mass is 16.5. The van der Waals surface area contributed by atoms with E-state index in [2.05, 4.69) is 16.3 Å². The quantitative estimate of drug-likeness (QED) is 0.693. The zero-order chi connectivity index (χ0) is 22.8. The van der Waals surface area contributed by atoms with Gasteiger partial charge in [0.15, 0.2) is 5.78 Å². The van der Waals surface area contributed by atoms with Crippen LogP contribution in [0.2, 0.25) is 0 Å². The molecule has 0 saturated carbocycles. The van der Waals surface area contributed by atoms with Crippen LogP contribution in [0.3, 0.4) is 0 Å². The van der Waals surface area contributed by atoms with Crippen molar-refractivity contribution in [2.45, 2.75) is 50.5 Å². The minimum Gasteiger partial charge on any atom is -0.465 e. The van der Waals surface area contributed by atoms with Crippen LogP contribution in [0.5, 0.6) is 0 Å². The predicted octanol–water partition coefficient (Wildman–Crippen LogP) is 3.37. The van der Waals surface area contributed by atoms with Crippen LogP contribution in [0.1, 0.15) is 70.0 Å². The SMILES string of the molecule is COC(=O)c1cccc(C2CCN(c3nc4c(c(NC5CCOCC5)n3)C(=O)CC4)CC2)c1. The van der Waals surface area contributed by atoms with E-state index in [9.17, 15) is 9.59 Å². The van der Waals surface area contributed by atoms with Gasteiger partial charge in [0.25, 0.3) is 0 Å². The molecule has 33 heavy (non-hydrogen) atoms. The summed E-state index contributed by atoms with van der Waals surface area (Å²) in [7, 11) is 1.41. The maximum absolute atomic E-state index is 12.5. The highest BCUT2D eigenvalue weighted by Gasteiger charge is 2.30. The second-order valence-electron chi connectivity index (χ2n) is 9.03. The summed E-state index contributed by atoms with van der Waals surface area (Å²) in [5.74, 6) is 1.61. The third-order valence-electron chi connectivity index (χ3n) is 6.96. The number of fused-ring (bicyclic) bond motifs is 1. The molecule has 0 unspecified atom stereocenters. The van der Waals surface area contributed by atoms with Crippen LogP contribution < -0.4 is 10.2 Å². The molecule has 174 valence electrons. The number of ether oxygens (including phenoxy) is 2. The number of piperidine rings is 1. The fourth-order valence-electron chi connectivity index (χ4n) is 5.06. The molecule has 0 amide bonds. The molecule has 1 N–H and O–H groups in total. The van der Waals surface area contributed by atoms with Gasteiger partial charge in [0.05, 0.1) is 23.9 Å². The Labute approximate surface area is 193 Å². The van der Waals surface area contributed by atoms with Crippen LogP contribution in [0.25, 0.3) is 0 Å². The van der Waals surface area contributed by atoms with E-state index < -0.39 is 0 Å². The number of aryl methyl sites for hydroxylation is 1. The number of benzene rings is 1. The van der Waals surface area contributed by atoms with Gasteiger partial charge in [-0.25, -0.2) is 9.78 Å². The first-order valence-electron chi connectivity index (χ1n) is 11.8. The first-order chi connectivity index (χ1) is 16.1. The first-order valence-corrected chi connectivity index (χ1v) is 11.8. The molecule has 0 bridgehead atoms. The van der Waals surface area contributed by atoms with Crippen molar-refractivity contribution in [3.05, 3.63) is 46.6 Å². The average Bonchev–Trinajstić information content (AvgIpc) is 3.25. The molecule has 8 nitrogen and oxygen atoms in total. The summed E-state index contributed by atoms with van der Waals surface area (Å²) in [5, 5.41) is 3.53. The van der Waals surface area contributed by atoms with Crippen molar-refractivity contribution < 1.29 is 19.1 Å². The molecule has 1 aliphatic carbocycles. The molecule has 0 atom stereocenters. The van der Waals surface area contributed by atoms with Crippen molar-refractivity contribution >= 4 is 23.5 Å². The summed E-state index contributed by atoms with van der Waals surface area (Å²) in [6.07, 6.45) is 4.92. The highest BCUT2D eigenvalue weighted by Crippen LogP contribution is 2.33. The Hall–Kier alpha value is -3.00. The van der Waals surface area contributed by atoms with Crippen molar-refractivity contribution in [1.29, 1.82) is 0 Å². The molecule has 1 aromatic carbocycles. The lowest BCUT2D eigenvalue weighted by atomic mass is 9.88. The van der Waals surface area contributed by atoms with Crippen LogP contribution >= 0.6 is 0 Å². The Morgan fingerprint density at radius 3 is 2.67 bits per heavy atom. The van der Waals surface area contributed by atoms with Crippen LogP contribution in [0.4, 0.5) is 11.8 Å². The molecule has 1 aromatic heterocycles. The number of carbonyl (C=O) groups is 2. The van der Waals surface area contributed by atoms with Crippen molar-refractivity contribution in [3.8, 4) is 0 Å². The number of nitrogens with zero attached hydrogens (tertiary/aromatic N) is 3. The van der Waals surface area contributed by atoms with Crippen LogP contribution in [0, 0.1) is 0 Å². The van der Waals surface area contributed by atoms with Gasteiger partial charge in [0.1, 0.15) is 5.82 Å². The molecule has 2 saturated heterocycles. The van der Waals surface area contributed by atoms with E-state index in [1.165, 1.54) is 12.7 Å². The third-order valence-corrected chi connectivity index (χ3v) is 6.96. The highest BCUT2D eigenvalue weighted by molar-refractivity contribution is 6.04. The van der Waals surface area contributed by atoms with E-state index in [4.69, 9.17) is 19.4 Å². The number of methoxy groups -OCH3 is 1. The molecule has 2 aliphatic heterocycles. The molecule has 3 heterocycles. The summed E-state index contributed by atoms with van der Waals surface area (Å²) in [4.78, 5) is 36.3. The average molecular weight is 451 g/mol. The number of carbonyl (C=O) groups excluding carboxylic acids is 2. The van der Waals surface area contributed by atoms with Crippen molar-refractivity contribution in [3.63, 3.8) is 0 Å². The van der Waals surface area contributed by atoms with E-state index in [1.54, 1.807) is 6.07 Å². The summed E-state index contributed by atoms with van der Waals surface area (Å²) < 4.78 is 10.3. The predicted molar refractivity (Wildman–Crippen MR) is 124 cm³/mol. The van der Waals surface area contributed by atoms with E-state index in [0.717, 1.165) is 57.7 Å². The molecule has 2 aromatic rings. The second-order valence-corrected chi connectivity index (χ2v) is 9.03. The van der Waals surface area contributed by atoms with E-state index in [0.29, 0.717) is 41.7 Å². The van der Waals surface area contributed by atoms with Gasteiger partial charge in [0.2, 0.25) is 5.95 Å². The Morgan fingerprint density at radius 2 is 1.91 bits per heavy atom. The van der Waals surface area contributed by atoms with Gasteiger partial charge < -0.3 is 19.7 Å². The molecule has 0 radical (unpaired) electrons. The van der Waals surface area contributed by atoms with Crippen LogP contribution in [0.15, 0.2) is 24.3 Å². The van der Waals surface area contributed by atoms with Gasteiger partial charge in [-0.1, -0.05) is 12.1 Å². The number of nitrogens with one attached hydrogen (secondary N) is 1. The van der Waals surface area contributed by atoms with Gasteiger partial charge in [-0.2, -0.15) is 4.98 Å². The monoisotopic (exact) mass is 450 g/mol. The summed E-state index contributed by atoms with van der Waals surface area (Å²) in [5.41, 5.74) is 3.31. The van der Waals surface area contributed by atoms with E-state index in [-0.39, 0.29) is 17.8 Å². The minimum absolute atomic E-state index is 0.135. The summed E-state index contributed by atoms with van der Waals surface area (Å²) >= 11 is 0. The number of anilines is 2. The summed E-state index contributed by atoms with van der Waals surface area (Å²) in [6, 6.07) is 8.01. The fourth-order valence-corrected chi connectivity index (χ4v) is 5.06. The van der Waals surface area contributed by atoms with Crippen molar-refractivity contribution in [1.82, 2.24) is 9.97 Å². The number of hydrogen-bond donors (Lipinski definition) is 1. The first kappa shape index (κ1) is 21.8. The Kier molecular flexibility index (Phi) is 6.26. The maximum atomic E-state index is 12.5.